The van der Waals surface area contributed by atoms with E-state index in [0.29, 0.717) is 0 Å². The van der Waals surface area contributed by atoms with E-state index >= 15 is 0 Å². The predicted molar refractivity (Wildman–Crippen MR) is 146 cm³/mol. The lowest BCUT2D eigenvalue weighted by atomic mass is 10.0. The summed E-state index contributed by atoms with van der Waals surface area (Å²) >= 11 is 0. The molecule has 2 aromatic carbocycles. The Labute approximate surface area is 202 Å². The average molecular weight is 443 g/mol. The molecule has 0 spiro atoms. The summed E-state index contributed by atoms with van der Waals surface area (Å²) in [6.45, 7) is 4.52. The highest BCUT2D eigenvalue weighted by Crippen LogP contribution is 2.17. The third kappa shape index (κ3) is 12.2. The first-order valence-corrected chi connectivity index (χ1v) is 13.1. The lowest BCUT2D eigenvalue weighted by Crippen LogP contribution is -2.12. The first kappa shape index (κ1) is 26.6. The Morgan fingerprint density at radius 1 is 0.606 bits per heavy atom. The fourth-order valence-electron chi connectivity index (χ4n) is 3.72. The summed E-state index contributed by atoms with van der Waals surface area (Å²) in [6, 6.07) is 20.4. The summed E-state index contributed by atoms with van der Waals surface area (Å²) in [4.78, 5) is 9.95. The Morgan fingerprint density at radius 2 is 1.12 bits per heavy atom. The van der Waals surface area contributed by atoms with E-state index in [1.807, 2.05) is 48.5 Å². The minimum absolute atomic E-state index is 0.826. The standard InChI is InChI=1S/C31H42N2/c1-3-5-7-9-11-13-21-27-31(33-29-24-18-15-19-25-29)30(26-20-12-10-8-6-4-2)32-28-22-16-14-17-23-28/h14-19,22-25H,3-13,20,26H2,1-2H3. The van der Waals surface area contributed by atoms with E-state index in [2.05, 4.69) is 37.8 Å². The highest BCUT2D eigenvalue weighted by Gasteiger charge is 2.09. The van der Waals surface area contributed by atoms with Gasteiger partial charge in [-0.1, -0.05) is 114 Å². The summed E-state index contributed by atoms with van der Waals surface area (Å²) in [6.07, 6.45) is 15.7. The molecule has 0 radical (unpaired) electrons. The molecule has 33 heavy (non-hydrogen) atoms. The molecule has 2 aromatic rings. The highest BCUT2D eigenvalue weighted by molar-refractivity contribution is 6.49. The van der Waals surface area contributed by atoms with Crippen molar-refractivity contribution in [3.8, 4) is 11.8 Å². The molecule has 0 saturated heterocycles. The van der Waals surface area contributed by atoms with Gasteiger partial charge in [0.2, 0.25) is 0 Å². The summed E-state index contributed by atoms with van der Waals surface area (Å²) in [5.74, 6) is 6.82. The van der Waals surface area contributed by atoms with Crippen molar-refractivity contribution in [1.82, 2.24) is 0 Å². The SMILES string of the molecule is CCCCCCCC#CC(=Nc1ccccc1)C(CCCCCCCC)=Nc1ccccc1. The van der Waals surface area contributed by atoms with Crippen molar-refractivity contribution in [2.75, 3.05) is 0 Å². The molecule has 0 aliphatic rings. The number of aliphatic imine (C=N–C) groups is 2. The van der Waals surface area contributed by atoms with Gasteiger partial charge in [0.1, 0.15) is 5.71 Å². The fourth-order valence-corrected chi connectivity index (χ4v) is 3.72. The van der Waals surface area contributed by atoms with Gasteiger partial charge < -0.3 is 0 Å². The second-order valence-electron chi connectivity index (χ2n) is 8.67. The zero-order valence-corrected chi connectivity index (χ0v) is 20.9. The molecule has 0 aliphatic carbocycles. The molecule has 0 N–H and O–H groups in total. The summed E-state index contributed by atoms with van der Waals surface area (Å²) in [5, 5.41) is 0. The lowest BCUT2D eigenvalue weighted by molar-refractivity contribution is 0.616. The number of hydrogen-bond acceptors (Lipinski definition) is 2. The van der Waals surface area contributed by atoms with Crippen LogP contribution in [0.25, 0.3) is 0 Å². The number of benzene rings is 2. The molecule has 0 amide bonds. The zero-order valence-electron chi connectivity index (χ0n) is 20.9. The molecule has 0 fully saturated rings. The Balaban J connectivity index is 2.20. The maximum Gasteiger partial charge on any atom is 0.135 e. The second kappa shape index (κ2) is 17.8. The molecule has 0 heterocycles. The van der Waals surface area contributed by atoms with E-state index in [1.165, 1.54) is 57.8 Å². The lowest BCUT2D eigenvalue weighted by Gasteiger charge is -2.07. The molecule has 0 aliphatic heterocycles. The van der Waals surface area contributed by atoms with Crippen molar-refractivity contribution in [3.05, 3.63) is 60.7 Å². The van der Waals surface area contributed by atoms with Crippen molar-refractivity contribution in [2.24, 2.45) is 9.98 Å². The van der Waals surface area contributed by atoms with Gasteiger partial charge in [0.15, 0.2) is 0 Å². The Morgan fingerprint density at radius 3 is 1.73 bits per heavy atom. The van der Waals surface area contributed by atoms with E-state index in [-0.39, 0.29) is 0 Å². The van der Waals surface area contributed by atoms with Gasteiger partial charge in [-0.2, -0.15) is 0 Å². The van der Waals surface area contributed by atoms with Crippen LogP contribution in [0.15, 0.2) is 70.6 Å². The van der Waals surface area contributed by atoms with Gasteiger partial charge in [0.25, 0.3) is 0 Å². The van der Waals surface area contributed by atoms with Gasteiger partial charge in [-0.3, -0.25) is 4.99 Å². The summed E-state index contributed by atoms with van der Waals surface area (Å²) < 4.78 is 0. The van der Waals surface area contributed by atoms with Gasteiger partial charge in [0, 0.05) is 6.42 Å². The van der Waals surface area contributed by atoms with Gasteiger partial charge >= 0.3 is 0 Å². The molecular weight excluding hydrogens is 400 g/mol. The van der Waals surface area contributed by atoms with Crippen LogP contribution in [-0.4, -0.2) is 11.4 Å². The zero-order chi connectivity index (χ0) is 23.4. The van der Waals surface area contributed by atoms with E-state index in [4.69, 9.17) is 9.98 Å². The van der Waals surface area contributed by atoms with Gasteiger partial charge in [-0.15, -0.1) is 0 Å². The van der Waals surface area contributed by atoms with Crippen LogP contribution in [0.1, 0.15) is 97.3 Å². The maximum absolute atomic E-state index is 5.01. The third-order valence-electron chi connectivity index (χ3n) is 5.67. The number of para-hydroxylation sites is 2. The molecule has 0 atom stereocenters. The fraction of sp³-hybridized carbons (Fsp3) is 0.484. The molecule has 0 bridgehead atoms. The Bertz CT molecular complexity index is 869. The van der Waals surface area contributed by atoms with E-state index in [9.17, 15) is 0 Å². The molecule has 2 rings (SSSR count). The van der Waals surface area contributed by atoms with Crippen LogP contribution in [0.2, 0.25) is 0 Å². The van der Waals surface area contributed by atoms with Crippen molar-refractivity contribution in [2.45, 2.75) is 97.3 Å². The van der Waals surface area contributed by atoms with Crippen LogP contribution >= 0.6 is 0 Å². The number of rotatable bonds is 15. The van der Waals surface area contributed by atoms with Crippen LogP contribution in [-0.2, 0) is 0 Å². The molecule has 176 valence electrons. The van der Waals surface area contributed by atoms with Crippen LogP contribution in [0.4, 0.5) is 11.4 Å². The van der Waals surface area contributed by atoms with Gasteiger partial charge in [0.05, 0.1) is 17.1 Å². The van der Waals surface area contributed by atoms with Crippen molar-refractivity contribution in [3.63, 3.8) is 0 Å². The summed E-state index contributed by atoms with van der Waals surface area (Å²) in [7, 11) is 0. The van der Waals surface area contributed by atoms with Crippen LogP contribution < -0.4 is 0 Å². The van der Waals surface area contributed by atoms with Crippen LogP contribution in [0.3, 0.4) is 0 Å². The first-order valence-electron chi connectivity index (χ1n) is 13.1. The third-order valence-corrected chi connectivity index (χ3v) is 5.67. The van der Waals surface area contributed by atoms with Gasteiger partial charge in [-0.25, -0.2) is 4.99 Å². The van der Waals surface area contributed by atoms with Crippen LogP contribution in [0, 0.1) is 11.8 Å². The molecule has 2 nitrogen and oxygen atoms in total. The topological polar surface area (TPSA) is 24.7 Å². The average Bonchev–Trinajstić information content (AvgIpc) is 2.85. The Hall–Kier alpha value is -2.66. The maximum atomic E-state index is 5.01. The minimum Gasteiger partial charge on any atom is -0.251 e. The van der Waals surface area contributed by atoms with Crippen molar-refractivity contribution < 1.29 is 0 Å². The monoisotopic (exact) mass is 442 g/mol. The predicted octanol–water partition coefficient (Wildman–Crippen LogP) is 9.65. The largest absolute Gasteiger partial charge is 0.251 e. The highest BCUT2D eigenvalue weighted by atomic mass is 14.8. The smallest absolute Gasteiger partial charge is 0.135 e. The molecule has 2 heteroatoms. The molecule has 0 unspecified atom stereocenters. The van der Waals surface area contributed by atoms with Crippen LogP contribution in [0.5, 0.6) is 0 Å². The van der Waals surface area contributed by atoms with E-state index in [0.717, 1.165) is 48.5 Å². The van der Waals surface area contributed by atoms with E-state index in [1.54, 1.807) is 0 Å². The van der Waals surface area contributed by atoms with Crippen molar-refractivity contribution in [1.29, 1.82) is 0 Å². The normalized spacial score (nSPS) is 11.8. The number of hydrogen-bond donors (Lipinski definition) is 0. The van der Waals surface area contributed by atoms with E-state index < -0.39 is 0 Å². The molecule has 0 aromatic heterocycles. The molecular formula is C31H42N2. The first-order chi connectivity index (χ1) is 16.3. The second-order valence-corrected chi connectivity index (χ2v) is 8.67. The quantitative estimate of drug-likeness (QED) is 0.149. The van der Waals surface area contributed by atoms with Crippen molar-refractivity contribution >= 4 is 22.8 Å². The molecule has 0 saturated carbocycles. The van der Waals surface area contributed by atoms with Gasteiger partial charge in [-0.05, 0) is 49.4 Å². The number of nitrogens with zero attached hydrogens (tertiary/aromatic N) is 2. The number of unbranched alkanes of at least 4 members (excludes halogenated alkanes) is 10. The minimum atomic E-state index is 0.826. The Kier molecular flexibility index (Phi) is 14.4. The summed E-state index contributed by atoms with van der Waals surface area (Å²) in [5.41, 5.74) is 3.75.